The van der Waals surface area contributed by atoms with Gasteiger partial charge in [-0.05, 0) is 30.9 Å². The van der Waals surface area contributed by atoms with E-state index in [9.17, 15) is 4.21 Å². The van der Waals surface area contributed by atoms with E-state index >= 15 is 0 Å². The van der Waals surface area contributed by atoms with Crippen LogP contribution in [0.4, 0.5) is 5.95 Å². The van der Waals surface area contributed by atoms with Crippen molar-refractivity contribution in [1.82, 2.24) is 15.0 Å². The molecular weight excluding hydrogens is 472 g/mol. The fraction of sp³-hybridized carbons (Fsp3) is 0.458. The summed E-state index contributed by atoms with van der Waals surface area (Å²) in [6.07, 6.45) is 7.21. The quantitative estimate of drug-likeness (QED) is 0.468. The lowest BCUT2D eigenvalue weighted by molar-refractivity contribution is 0.110. The van der Waals surface area contributed by atoms with Gasteiger partial charge in [0.1, 0.15) is 18.5 Å². The second-order valence-electron chi connectivity index (χ2n) is 8.41. The van der Waals surface area contributed by atoms with Crippen molar-refractivity contribution in [3.8, 4) is 5.75 Å². The fourth-order valence-corrected chi connectivity index (χ4v) is 5.88. The molecule has 8 nitrogen and oxygen atoms in total. The predicted octanol–water partition coefficient (Wildman–Crippen LogP) is 4.52. The summed E-state index contributed by atoms with van der Waals surface area (Å²) in [5, 5.41) is 3.24. The summed E-state index contributed by atoms with van der Waals surface area (Å²) in [6, 6.07) is 7.72. The van der Waals surface area contributed by atoms with Crippen molar-refractivity contribution in [3.63, 3.8) is 0 Å². The van der Waals surface area contributed by atoms with Crippen LogP contribution < -0.4 is 9.64 Å². The zero-order valence-electron chi connectivity index (χ0n) is 19.1. The maximum absolute atomic E-state index is 11.6. The molecule has 2 aliphatic rings. The van der Waals surface area contributed by atoms with Crippen LogP contribution in [0.1, 0.15) is 60.0 Å². The second-order valence-corrected chi connectivity index (χ2v) is 10.1. The summed E-state index contributed by atoms with van der Waals surface area (Å²) in [4.78, 5) is 16.2. The lowest BCUT2D eigenvalue weighted by Gasteiger charge is -2.31. The first-order valence-corrected chi connectivity index (χ1v) is 13.5. The number of ether oxygens (including phenoxy) is 1. The Balaban J connectivity index is 1.17. The molecule has 2 aliphatic heterocycles. The number of hydrogen-bond donors (Lipinski definition) is 0. The number of anilines is 1. The molecule has 2 fully saturated rings. The van der Waals surface area contributed by atoms with Crippen molar-refractivity contribution in [3.05, 3.63) is 63.9 Å². The maximum Gasteiger partial charge on any atom is 0.305 e. The normalized spacial score (nSPS) is 21.5. The number of hydrogen-bond acceptors (Lipinski definition) is 9. The van der Waals surface area contributed by atoms with E-state index in [0.717, 1.165) is 65.9 Å². The van der Waals surface area contributed by atoms with Gasteiger partial charge >= 0.3 is 11.4 Å². The van der Waals surface area contributed by atoms with E-state index < -0.39 is 11.4 Å². The molecular formula is C24H28N4O4S2. The molecule has 2 unspecified atom stereocenters. The molecule has 2 atom stereocenters. The van der Waals surface area contributed by atoms with Gasteiger partial charge in [0.25, 0.3) is 0 Å². The van der Waals surface area contributed by atoms with Crippen LogP contribution in [0.2, 0.25) is 0 Å². The molecule has 5 rings (SSSR count). The Labute approximate surface area is 206 Å². The summed E-state index contributed by atoms with van der Waals surface area (Å²) in [6.45, 7) is 4.76. The van der Waals surface area contributed by atoms with Gasteiger partial charge in [0.15, 0.2) is 0 Å². The SMILES string of the molecule is CCc1cnc(N2CCC(c3nc(COc4ccccc4C4CCOS(=O)O4)cs3)CC2)nc1. The average Bonchev–Trinajstić information content (AvgIpc) is 3.37. The van der Waals surface area contributed by atoms with Crippen molar-refractivity contribution in [2.45, 2.75) is 51.2 Å². The van der Waals surface area contributed by atoms with Crippen molar-refractivity contribution in [2.75, 3.05) is 24.6 Å². The highest BCUT2D eigenvalue weighted by molar-refractivity contribution is 7.75. The molecule has 0 aliphatic carbocycles. The lowest BCUT2D eigenvalue weighted by Crippen LogP contribution is -2.34. The van der Waals surface area contributed by atoms with E-state index in [4.69, 9.17) is 18.1 Å². The molecule has 34 heavy (non-hydrogen) atoms. The standard InChI is InChI=1S/C24H28N4O4S2/c1-2-17-13-25-24(26-14-17)28-10-7-18(8-11-28)23-27-19(16-33-23)15-30-21-6-4-3-5-20(21)22-9-12-31-34(29)32-22/h3-6,13-14,16,18,22H,2,7-12,15H2,1H3. The number of thiazole rings is 1. The van der Waals surface area contributed by atoms with Gasteiger partial charge in [0.05, 0.1) is 17.3 Å². The number of aryl methyl sites for hydroxylation is 1. The minimum Gasteiger partial charge on any atom is -0.487 e. The largest absolute Gasteiger partial charge is 0.487 e. The Hall–Kier alpha value is -2.40. The molecule has 3 aromatic rings. The Kier molecular flexibility index (Phi) is 7.48. The summed E-state index contributed by atoms with van der Waals surface area (Å²) >= 11 is -0.00936. The van der Waals surface area contributed by atoms with Crippen LogP contribution >= 0.6 is 11.3 Å². The first-order valence-electron chi connectivity index (χ1n) is 11.6. The first-order chi connectivity index (χ1) is 16.7. The molecule has 0 saturated carbocycles. The third-order valence-corrected chi connectivity index (χ3v) is 8.00. The minimum absolute atomic E-state index is 0.302. The Morgan fingerprint density at radius 2 is 1.97 bits per heavy atom. The van der Waals surface area contributed by atoms with Crippen LogP contribution in [0.5, 0.6) is 5.75 Å². The Bertz CT molecular complexity index is 1120. The predicted molar refractivity (Wildman–Crippen MR) is 131 cm³/mol. The van der Waals surface area contributed by atoms with Crippen LogP contribution in [0.3, 0.4) is 0 Å². The van der Waals surface area contributed by atoms with E-state index in [1.54, 1.807) is 11.3 Å². The molecule has 2 saturated heterocycles. The molecule has 4 heterocycles. The van der Waals surface area contributed by atoms with Gasteiger partial charge in [-0.1, -0.05) is 25.1 Å². The third kappa shape index (κ3) is 5.46. The topological polar surface area (TPSA) is 86.7 Å². The average molecular weight is 501 g/mol. The van der Waals surface area contributed by atoms with Gasteiger partial charge in [-0.25, -0.2) is 15.0 Å². The molecule has 0 radical (unpaired) electrons. The van der Waals surface area contributed by atoms with Crippen molar-refractivity contribution in [2.24, 2.45) is 0 Å². The molecule has 10 heteroatoms. The number of piperidine rings is 1. The zero-order valence-corrected chi connectivity index (χ0v) is 20.7. The molecule has 180 valence electrons. The van der Waals surface area contributed by atoms with E-state index in [1.807, 2.05) is 36.7 Å². The van der Waals surface area contributed by atoms with Gasteiger partial charge in [-0.15, -0.1) is 11.3 Å². The fourth-order valence-electron chi connectivity index (χ4n) is 4.23. The summed E-state index contributed by atoms with van der Waals surface area (Å²) in [5.74, 6) is 1.99. The Morgan fingerprint density at radius 1 is 1.18 bits per heavy atom. The van der Waals surface area contributed by atoms with E-state index in [2.05, 4.69) is 27.2 Å². The highest BCUT2D eigenvalue weighted by Crippen LogP contribution is 2.34. The highest BCUT2D eigenvalue weighted by Gasteiger charge is 2.26. The van der Waals surface area contributed by atoms with Crippen molar-refractivity contribution < 1.29 is 17.3 Å². The van der Waals surface area contributed by atoms with Crippen LogP contribution in [0, 0.1) is 0 Å². The minimum atomic E-state index is -1.71. The molecule has 0 spiro atoms. The van der Waals surface area contributed by atoms with Crippen molar-refractivity contribution in [1.29, 1.82) is 0 Å². The molecule has 1 aromatic carbocycles. The van der Waals surface area contributed by atoms with E-state index in [0.29, 0.717) is 25.6 Å². The van der Waals surface area contributed by atoms with Gasteiger partial charge in [-0.3, -0.25) is 8.37 Å². The Morgan fingerprint density at radius 3 is 2.74 bits per heavy atom. The zero-order chi connectivity index (χ0) is 23.3. The monoisotopic (exact) mass is 500 g/mol. The first kappa shape index (κ1) is 23.3. The van der Waals surface area contributed by atoms with Crippen LogP contribution in [0.15, 0.2) is 42.0 Å². The van der Waals surface area contributed by atoms with E-state index in [1.165, 1.54) is 0 Å². The highest BCUT2D eigenvalue weighted by atomic mass is 32.2. The number of nitrogens with zero attached hydrogens (tertiary/aromatic N) is 4. The van der Waals surface area contributed by atoms with Gasteiger partial charge in [-0.2, -0.15) is 4.21 Å². The number of rotatable bonds is 7. The van der Waals surface area contributed by atoms with Crippen LogP contribution in [0.25, 0.3) is 0 Å². The summed E-state index contributed by atoms with van der Waals surface area (Å²) < 4.78 is 28.2. The smallest absolute Gasteiger partial charge is 0.305 e. The van der Waals surface area contributed by atoms with Crippen LogP contribution in [-0.2, 0) is 32.8 Å². The van der Waals surface area contributed by atoms with Gasteiger partial charge < -0.3 is 9.64 Å². The molecule has 0 N–H and O–H groups in total. The van der Waals surface area contributed by atoms with Gasteiger partial charge in [0.2, 0.25) is 5.95 Å². The number of benzene rings is 1. The van der Waals surface area contributed by atoms with Gasteiger partial charge in [0, 0.05) is 48.8 Å². The van der Waals surface area contributed by atoms with E-state index in [-0.39, 0.29) is 6.10 Å². The summed E-state index contributed by atoms with van der Waals surface area (Å²) in [7, 11) is 0. The number of aromatic nitrogens is 3. The molecule has 2 aromatic heterocycles. The van der Waals surface area contributed by atoms with Crippen LogP contribution in [-0.4, -0.2) is 38.9 Å². The third-order valence-electron chi connectivity index (χ3n) is 6.19. The second kappa shape index (κ2) is 10.9. The van der Waals surface area contributed by atoms with Crippen molar-refractivity contribution >= 4 is 28.6 Å². The maximum atomic E-state index is 11.6. The lowest BCUT2D eigenvalue weighted by atomic mass is 9.98. The number of para-hydroxylation sites is 1. The summed E-state index contributed by atoms with van der Waals surface area (Å²) in [5.41, 5.74) is 2.97. The molecule has 0 bridgehead atoms. The molecule has 0 amide bonds.